The van der Waals surface area contributed by atoms with Crippen LogP contribution < -0.4 is 4.74 Å². The van der Waals surface area contributed by atoms with Gasteiger partial charge in [0.05, 0.1) is 4.92 Å². The number of ether oxygens (including phenoxy) is 4. The molecule has 23 heavy (non-hydrogen) atoms. The van der Waals surface area contributed by atoms with Crippen molar-refractivity contribution in [3.63, 3.8) is 0 Å². The lowest BCUT2D eigenvalue weighted by Gasteiger charge is -2.32. The molecule has 0 aromatic heterocycles. The Hall–Kier alpha value is -2.19. The van der Waals surface area contributed by atoms with E-state index >= 15 is 0 Å². The van der Waals surface area contributed by atoms with E-state index in [1.165, 1.54) is 13.8 Å². The number of benzene rings is 1. The minimum absolute atomic E-state index is 0.126. The van der Waals surface area contributed by atoms with Crippen LogP contribution in [0.5, 0.6) is 5.75 Å². The molecule has 0 aliphatic heterocycles. The van der Waals surface area contributed by atoms with E-state index < -0.39 is 36.7 Å². The fourth-order valence-corrected chi connectivity index (χ4v) is 1.52. The predicted octanol–water partition coefficient (Wildman–Crippen LogP) is 3.29. The minimum Gasteiger partial charge on any atom is -0.423 e. The quantitative estimate of drug-likeness (QED) is 0.237. The van der Waals surface area contributed by atoms with Crippen molar-refractivity contribution in [3.05, 3.63) is 34.4 Å². The lowest BCUT2D eigenvalue weighted by atomic mass is 10.1. The van der Waals surface area contributed by atoms with Crippen molar-refractivity contribution in [2.45, 2.75) is 39.4 Å². The molecule has 1 aromatic carbocycles. The summed E-state index contributed by atoms with van der Waals surface area (Å²) in [6, 6.07) is 4.20. The van der Waals surface area contributed by atoms with Crippen LogP contribution in [0.4, 0.5) is 10.5 Å². The molecule has 1 aromatic rings. The van der Waals surface area contributed by atoms with Gasteiger partial charge < -0.3 is 18.9 Å². The molecule has 0 aliphatic rings. The number of carbonyl (C=O) groups is 1. The van der Waals surface area contributed by atoms with E-state index in [0.717, 1.165) is 24.3 Å². The summed E-state index contributed by atoms with van der Waals surface area (Å²) in [5.41, 5.74) is -3.47. The Morgan fingerprint density at radius 2 is 1.83 bits per heavy atom. The van der Waals surface area contributed by atoms with Crippen molar-refractivity contribution in [1.29, 1.82) is 0 Å². The second kappa shape index (κ2) is 8.44. The van der Waals surface area contributed by atoms with Gasteiger partial charge in [-0.15, -0.1) is 0 Å². The standard InChI is InChI=1S/C15H21NO7/c1-5-20-13(21-6-2)15(3,4)23-14(17)22-12-9-7-11(8-10-12)16(18)19/h7-10,13H,5-6H2,1-4H3/i3D3,4D3. The topological polar surface area (TPSA) is 97.1 Å². The van der Waals surface area contributed by atoms with Gasteiger partial charge in [0.25, 0.3) is 5.69 Å². The lowest BCUT2D eigenvalue weighted by Crippen LogP contribution is -2.45. The summed E-state index contributed by atoms with van der Waals surface area (Å²) in [7, 11) is 0. The van der Waals surface area contributed by atoms with Gasteiger partial charge in [0.15, 0.2) is 11.9 Å². The first kappa shape index (κ1) is 11.4. The van der Waals surface area contributed by atoms with Gasteiger partial charge in [0, 0.05) is 33.6 Å². The first-order valence-corrected chi connectivity index (χ1v) is 6.68. The first-order chi connectivity index (χ1) is 13.3. The summed E-state index contributed by atoms with van der Waals surface area (Å²) < 4.78 is 66.3. The van der Waals surface area contributed by atoms with Gasteiger partial charge in [0.1, 0.15) is 5.75 Å². The van der Waals surface area contributed by atoms with Crippen LogP contribution >= 0.6 is 0 Å². The van der Waals surface area contributed by atoms with Crippen LogP contribution in [0, 0.1) is 10.1 Å². The molecule has 0 unspecified atom stereocenters. The zero-order chi connectivity index (χ0) is 22.5. The van der Waals surface area contributed by atoms with E-state index in [9.17, 15) is 14.9 Å². The molecule has 8 heteroatoms. The van der Waals surface area contributed by atoms with Crippen molar-refractivity contribution < 1.29 is 36.9 Å². The number of nitrogens with zero attached hydrogens (tertiary/aromatic N) is 1. The number of nitro benzene ring substituents is 1. The van der Waals surface area contributed by atoms with Crippen LogP contribution in [0.15, 0.2) is 24.3 Å². The molecule has 0 aliphatic carbocycles. The molecule has 0 saturated heterocycles. The van der Waals surface area contributed by atoms with Crippen molar-refractivity contribution in [1.82, 2.24) is 0 Å². The Kier molecular flexibility index (Phi) is 4.17. The van der Waals surface area contributed by atoms with Gasteiger partial charge in [-0.3, -0.25) is 10.1 Å². The molecule has 8 nitrogen and oxygen atoms in total. The summed E-state index contributed by atoms with van der Waals surface area (Å²) in [5.74, 6) is -0.227. The van der Waals surface area contributed by atoms with Gasteiger partial charge in [-0.1, -0.05) is 0 Å². The number of hydrogen-bond acceptors (Lipinski definition) is 7. The molecule has 0 atom stereocenters. The van der Waals surface area contributed by atoms with E-state index in [-0.39, 0.29) is 24.7 Å². The van der Waals surface area contributed by atoms with Crippen molar-refractivity contribution in [2.24, 2.45) is 0 Å². The minimum atomic E-state index is -3.39. The third kappa shape index (κ3) is 5.84. The molecule has 1 rings (SSSR count). The van der Waals surface area contributed by atoms with E-state index in [2.05, 4.69) is 0 Å². The summed E-state index contributed by atoms with van der Waals surface area (Å²) in [5, 5.41) is 10.7. The molecule has 0 spiro atoms. The highest BCUT2D eigenvalue weighted by molar-refractivity contribution is 5.64. The molecule has 0 radical (unpaired) electrons. The molecule has 128 valence electrons. The van der Waals surface area contributed by atoms with Gasteiger partial charge in [-0.2, -0.15) is 0 Å². The SMILES string of the molecule is [2H]C([2H])([2H])C(OC(=O)Oc1ccc([N+](=O)[O-])cc1)(C(OCC)OCC)C([2H])([2H])[2H]. The van der Waals surface area contributed by atoms with E-state index in [1.807, 2.05) is 0 Å². The third-order valence-corrected chi connectivity index (χ3v) is 2.46. The molecule has 0 heterocycles. The van der Waals surface area contributed by atoms with Crippen LogP contribution in [0.1, 0.15) is 35.8 Å². The Morgan fingerprint density at radius 1 is 1.26 bits per heavy atom. The van der Waals surface area contributed by atoms with Crippen molar-refractivity contribution in [3.8, 4) is 5.75 Å². The third-order valence-electron chi connectivity index (χ3n) is 2.46. The van der Waals surface area contributed by atoms with Crippen LogP contribution in [-0.4, -0.2) is 36.2 Å². The predicted molar refractivity (Wildman–Crippen MR) is 81.3 cm³/mol. The lowest BCUT2D eigenvalue weighted by molar-refractivity contribution is -0.384. The van der Waals surface area contributed by atoms with E-state index in [0.29, 0.717) is 0 Å². The smallest absolute Gasteiger partial charge is 0.423 e. The molecule has 0 saturated carbocycles. The number of hydrogen-bond donors (Lipinski definition) is 0. The Morgan fingerprint density at radius 3 is 2.26 bits per heavy atom. The molecular weight excluding hydrogens is 306 g/mol. The molecular formula is C15H21NO7. The van der Waals surface area contributed by atoms with Crippen LogP contribution in [0.25, 0.3) is 0 Å². The monoisotopic (exact) mass is 333 g/mol. The van der Waals surface area contributed by atoms with Crippen molar-refractivity contribution >= 4 is 11.8 Å². The van der Waals surface area contributed by atoms with Crippen molar-refractivity contribution in [2.75, 3.05) is 13.2 Å². The largest absolute Gasteiger partial charge is 0.514 e. The fourth-order valence-electron chi connectivity index (χ4n) is 1.52. The van der Waals surface area contributed by atoms with Gasteiger partial charge in [0.2, 0.25) is 0 Å². The van der Waals surface area contributed by atoms with E-state index in [4.69, 9.17) is 27.2 Å². The summed E-state index contributed by atoms with van der Waals surface area (Å²) in [6.45, 7) is -4.07. The maximum absolute atomic E-state index is 12.3. The van der Waals surface area contributed by atoms with E-state index in [1.54, 1.807) is 0 Å². The summed E-state index contributed by atoms with van der Waals surface area (Å²) in [6.07, 6.45) is -3.60. The summed E-state index contributed by atoms with van der Waals surface area (Å²) in [4.78, 5) is 22.2. The summed E-state index contributed by atoms with van der Waals surface area (Å²) >= 11 is 0. The average molecular weight is 333 g/mol. The van der Waals surface area contributed by atoms with Crippen LogP contribution in [-0.2, 0) is 14.2 Å². The zero-order valence-electron chi connectivity index (χ0n) is 18.6. The molecule has 0 amide bonds. The number of rotatable bonds is 8. The van der Waals surface area contributed by atoms with Gasteiger partial charge >= 0.3 is 6.16 Å². The first-order valence-electron chi connectivity index (χ1n) is 9.68. The maximum Gasteiger partial charge on any atom is 0.514 e. The number of nitro groups is 1. The van der Waals surface area contributed by atoms with Crippen LogP contribution in [0.2, 0.25) is 0 Å². The Bertz CT molecular complexity index is 685. The second-order valence-corrected chi connectivity index (χ2v) is 4.18. The Balaban J connectivity index is 3.28. The number of non-ortho nitro benzene ring substituents is 1. The normalized spacial score (nSPS) is 16.3. The maximum atomic E-state index is 12.3. The van der Waals surface area contributed by atoms with Gasteiger partial charge in [-0.05, 0) is 39.7 Å². The molecule has 0 fully saturated rings. The van der Waals surface area contributed by atoms with Crippen LogP contribution in [0.3, 0.4) is 0 Å². The highest BCUT2D eigenvalue weighted by Crippen LogP contribution is 2.22. The molecule has 0 bridgehead atoms. The number of carbonyl (C=O) groups excluding carboxylic acids is 1. The highest BCUT2D eigenvalue weighted by atomic mass is 16.8. The zero-order valence-corrected chi connectivity index (χ0v) is 12.6. The molecule has 0 N–H and O–H groups in total. The second-order valence-electron chi connectivity index (χ2n) is 4.18. The Labute approximate surface area is 142 Å². The highest BCUT2D eigenvalue weighted by Gasteiger charge is 2.35. The fraction of sp³-hybridized carbons (Fsp3) is 0.533. The average Bonchev–Trinajstić information content (AvgIpc) is 2.58. The van der Waals surface area contributed by atoms with Gasteiger partial charge in [-0.25, -0.2) is 4.79 Å².